The van der Waals surface area contributed by atoms with Crippen LogP contribution in [0.15, 0.2) is 24.3 Å². The highest BCUT2D eigenvalue weighted by Gasteiger charge is 2.03. The maximum Gasteiger partial charge on any atom is 0.189 e. The second kappa shape index (κ2) is 4.18. The highest BCUT2D eigenvalue weighted by atomic mass is 32.1. The van der Waals surface area contributed by atoms with Gasteiger partial charge in [0.2, 0.25) is 0 Å². The average molecular weight is 182 g/mol. The standard InChI is InChI=1S/C9H10O2S/c1-11-6-7-4-2-3-5-8(7)9(10)12/h2-5H,6H2,1H3,(H,10,12). The van der Waals surface area contributed by atoms with Crippen LogP contribution < -0.4 is 0 Å². The molecule has 0 unspecified atom stereocenters. The molecule has 0 aliphatic rings. The first kappa shape index (κ1) is 9.16. The zero-order valence-corrected chi connectivity index (χ0v) is 7.60. The molecular formula is C9H10O2S. The van der Waals surface area contributed by atoms with E-state index in [9.17, 15) is 0 Å². The van der Waals surface area contributed by atoms with Crippen molar-refractivity contribution < 1.29 is 9.84 Å². The lowest BCUT2D eigenvalue weighted by Crippen LogP contribution is -2.01. The maximum absolute atomic E-state index is 9.11. The van der Waals surface area contributed by atoms with E-state index in [2.05, 4.69) is 12.2 Å². The third kappa shape index (κ3) is 2.03. The number of hydrogen-bond acceptors (Lipinski definition) is 2. The molecule has 0 bridgehead atoms. The van der Waals surface area contributed by atoms with Crippen molar-refractivity contribution in [3.63, 3.8) is 0 Å². The van der Waals surface area contributed by atoms with Crippen molar-refractivity contribution in [2.75, 3.05) is 7.11 Å². The first-order chi connectivity index (χ1) is 5.75. The van der Waals surface area contributed by atoms with Crippen molar-refractivity contribution in [2.24, 2.45) is 0 Å². The quantitative estimate of drug-likeness (QED) is 0.726. The van der Waals surface area contributed by atoms with Crippen LogP contribution in [0.2, 0.25) is 0 Å². The van der Waals surface area contributed by atoms with Gasteiger partial charge in [-0.25, -0.2) is 0 Å². The second-order valence-corrected chi connectivity index (χ2v) is 2.78. The molecule has 0 aliphatic heterocycles. The minimum Gasteiger partial charge on any atom is -0.499 e. The van der Waals surface area contributed by atoms with Gasteiger partial charge < -0.3 is 9.84 Å². The van der Waals surface area contributed by atoms with Crippen LogP contribution in [0.4, 0.5) is 0 Å². The van der Waals surface area contributed by atoms with E-state index in [1.54, 1.807) is 13.2 Å². The smallest absolute Gasteiger partial charge is 0.189 e. The average Bonchev–Trinajstić information content (AvgIpc) is 2.05. The van der Waals surface area contributed by atoms with Gasteiger partial charge in [0.25, 0.3) is 0 Å². The van der Waals surface area contributed by atoms with E-state index in [0.717, 1.165) is 5.56 Å². The van der Waals surface area contributed by atoms with Crippen molar-refractivity contribution in [3.8, 4) is 0 Å². The van der Waals surface area contributed by atoms with E-state index in [-0.39, 0.29) is 5.05 Å². The molecule has 1 aromatic rings. The Kier molecular flexibility index (Phi) is 3.19. The van der Waals surface area contributed by atoms with Crippen molar-refractivity contribution in [1.29, 1.82) is 0 Å². The van der Waals surface area contributed by atoms with Crippen molar-refractivity contribution in [3.05, 3.63) is 35.4 Å². The summed E-state index contributed by atoms with van der Waals surface area (Å²) < 4.78 is 4.95. The molecule has 0 fully saturated rings. The van der Waals surface area contributed by atoms with Crippen molar-refractivity contribution in [1.82, 2.24) is 0 Å². The van der Waals surface area contributed by atoms with Gasteiger partial charge in [-0.3, -0.25) is 0 Å². The molecule has 0 saturated heterocycles. The summed E-state index contributed by atoms with van der Waals surface area (Å²) in [6, 6.07) is 7.37. The molecule has 1 aromatic carbocycles. The van der Waals surface area contributed by atoms with Crippen LogP contribution in [0, 0.1) is 0 Å². The summed E-state index contributed by atoms with van der Waals surface area (Å²) in [5.74, 6) is 0. The minimum absolute atomic E-state index is 0.0809. The fourth-order valence-electron chi connectivity index (χ4n) is 1.01. The first-order valence-electron chi connectivity index (χ1n) is 3.56. The predicted octanol–water partition coefficient (Wildman–Crippen LogP) is 2.07. The molecule has 12 heavy (non-hydrogen) atoms. The van der Waals surface area contributed by atoms with E-state index < -0.39 is 0 Å². The molecule has 0 heterocycles. The van der Waals surface area contributed by atoms with Crippen LogP contribution in [0.25, 0.3) is 0 Å². The van der Waals surface area contributed by atoms with Gasteiger partial charge in [0.05, 0.1) is 6.61 Å². The molecule has 0 aliphatic carbocycles. The summed E-state index contributed by atoms with van der Waals surface area (Å²) in [6.45, 7) is 0.469. The van der Waals surface area contributed by atoms with Gasteiger partial charge in [0.15, 0.2) is 5.05 Å². The van der Waals surface area contributed by atoms with E-state index in [4.69, 9.17) is 9.84 Å². The summed E-state index contributed by atoms with van der Waals surface area (Å²) >= 11 is 4.66. The van der Waals surface area contributed by atoms with Gasteiger partial charge in [0.1, 0.15) is 0 Å². The Balaban J connectivity index is 3.00. The maximum atomic E-state index is 9.11. The lowest BCUT2D eigenvalue weighted by molar-refractivity contribution is 0.184. The van der Waals surface area contributed by atoms with Crippen molar-refractivity contribution in [2.45, 2.75) is 6.61 Å². The Morgan fingerprint density at radius 3 is 2.75 bits per heavy atom. The van der Waals surface area contributed by atoms with Crippen molar-refractivity contribution >= 4 is 17.3 Å². The van der Waals surface area contributed by atoms with E-state index in [1.807, 2.05) is 18.2 Å². The summed E-state index contributed by atoms with van der Waals surface area (Å²) in [5, 5.41) is 9.03. The number of methoxy groups -OCH3 is 1. The number of benzene rings is 1. The predicted molar refractivity (Wildman–Crippen MR) is 51.5 cm³/mol. The van der Waals surface area contributed by atoms with Gasteiger partial charge in [-0.05, 0) is 23.8 Å². The number of aliphatic hydroxyl groups excluding tert-OH is 1. The Bertz CT molecular complexity index is 284. The first-order valence-corrected chi connectivity index (χ1v) is 3.96. The lowest BCUT2D eigenvalue weighted by Gasteiger charge is -2.04. The Morgan fingerprint density at radius 2 is 2.17 bits per heavy atom. The number of aliphatic hydroxyl groups is 1. The van der Waals surface area contributed by atoms with Gasteiger partial charge in [-0.15, -0.1) is 0 Å². The topological polar surface area (TPSA) is 29.5 Å². The molecule has 0 atom stereocenters. The summed E-state index contributed by atoms with van der Waals surface area (Å²) in [5.41, 5.74) is 1.59. The molecule has 0 spiro atoms. The largest absolute Gasteiger partial charge is 0.499 e. The molecule has 0 amide bonds. The second-order valence-electron chi connectivity index (χ2n) is 2.40. The Labute approximate surface area is 76.8 Å². The zero-order valence-electron chi connectivity index (χ0n) is 6.78. The van der Waals surface area contributed by atoms with Crippen LogP contribution >= 0.6 is 12.2 Å². The monoisotopic (exact) mass is 182 g/mol. The van der Waals surface area contributed by atoms with Crippen LogP contribution in [0.3, 0.4) is 0 Å². The molecular weight excluding hydrogens is 172 g/mol. The molecule has 64 valence electrons. The molecule has 0 aromatic heterocycles. The van der Waals surface area contributed by atoms with Crippen LogP contribution in [0.5, 0.6) is 0 Å². The normalized spacial score (nSPS) is 9.75. The Morgan fingerprint density at radius 1 is 1.50 bits per heavy atom. The summed E-state index contributed by atoms with van der Waals surface area (Å²) in [7, 11) is 1.61. The van der Waals surface area contributed by atoms with Crippen LogP contribution in [-0.4, -0.2) is 17.3 Å². The number of rotatable bonds is 3. The minimum atomic E-state index is -0.0809. The third-order valence-corrected chi connectivity index (χ3v) is 1.77. The summed E-state index contributed by atoms with van der Waals surface area (Å²) in [6.07, 6.45) is 0. The molecule has 0 saturated carbocycles. The van der Waals surface area contributed by atoms with Gasteiger partial charge in [0, 0.05) is 12.7 Å². The number of thiocarbonyl (C=S) groups is 1. The lowest BCUT2D eigenvalue weighted by atomic mass is 10.1. The fourth-order valence-corrected chi connectivity index (χ4v) is 1.21. The highest BCUT2D eigenvalue weighted by molar-refractivity contribution is 7.80. The van der Waals surface area contributed by atoms with E-state index >= 15 is 0 Å². The highest BCUT2D eigenvalue weighted by Crippen LogP contribution is 2.09. The molecule has 0 radical (unpaired) electrons. The van der Waals surface area contributed by atoms with E-state index in [1.165, 1.54) is 0 Å². The molecule has 2 nitrogen and oxygen atoms in total. The van der Waals surface area contributed by atoms with Gasteiger partial charge in [-0.1, -0.05) is 18.2 Å². The van der Waals surface area contributed by atoms with E-state index in [0.29, 0.717) is 12.2 Å². The number of ether oxygens (including phenoxy) is 1. The fraction of sp³-hybridized carbons (Fsp3) is 0.222. The van der Waals surface area contributed by atoms with Crippen LogP contribution in [-0.2, 0) is 11.3 Å². The van der Waals surface area contributed by atoms with Gasteiger partial charge in [-0.2, -0.15) is 0 Å². The third-order valence-electron chi connectivity index (χ3n) is 1.55. The van der Waals surface area contributed by atoms with Crippen LogP contribution in [0.1, 0.15) is 11.1 Å². The molecule has 3 heteroatoms. The molecule has 1 rings (SSSR count). The summed E-state index contributed by atoms with van der Waals surface area (Å²) in [4.78, 5) is 0. The zero-order chi connectivity index (χ0) is 8.97. The SMILES string of the molecule is COCc1ccccc1C(O)=S. The number of hydrogen-bond donors (Lipinski definition) is 1. The Hall–Kier alpha value is -0.930. The van der Waals surface area contributed by atoms with Gasteiger partial charge >= 0.3 is 0 Å². The molecule has 1 N–H and O–H groups in total.